The summed E-state index contributed by atoms with van der Waals surface area (Å²) >= 11 is 0. The predicted octanol–water partition coefficient (Wildman–Crippen LogP) is 0.728. The Hall–Kier alpha value is -3.83. The Morgan fingerprint density at radius 3 is 2.20 bits per heavy atom. The lowest BCUT2D eigenvalue weighted by Crippen LogP contribution is -2.56. The van der Waals surface area contributed by atoms with Crippen molar-refractivity contribution in [3.8, 4) is 5.75 Å². The summed E-state index contributed by atoms with van der Waals surface area (Å²) in [4.78, 5) is 63.5. The number of amides is 4. The van der Waals surface area contributed by atoms with Crippen LogP contribution < -0.4 is 16.4 Å². The summed E-state index contributed by atoms with van der Waals surface area (Å²) in [6, 6.07) is 2.30. The molecule has 0 spiro atoms. The van der Waals surface area contributed by atoms with Crippen molar-refractivity contribution in [2.75, 3.05) is 13.7 Å². The minimum Gasteiger partial charge on any atom is -0.508 e. The van der Waals surface area contributed by atoms with Gasteiger partial charge >= 0.3 is 12.1 Å². The average molecular weight is 495 g/mol. The Bertz CT molecular complexity index is 942. The van der Waals surface area contributed by atoms with Gasteiger partial charge in [0.25, 0.3) is 0 Å². The highest BCUT2D eigenvalue weighted by atomic mass is 16.6. The Balaban J connectivity index is 3.47. The second kappa shape index (κ2) is 12.6. The highest BCUT2D eigenvalue weighted by Gasteiger charge is 2.39. The van der Waals surface area contributed by atoms with Crippen molar-refractivity contribution in [2.24, 2.45) is 5.73 Å². The molecule has 1 aromatic carbocycles. The molecule has 1 aromatic rings. The molecule has 1 rings (SSSR count). The van der Waals surface area contributed by atoms with Crippen LogP contribution in [-0.4, -0.2) is 71.1 Å². The van der Waals surface area contributed by atoms with E-state index in [2.05, 4.69) is 15.4 Å². The number of carbonyl (C=O) groups excluding carboxylic acids is 5. The van der Waals surface area contributed by atoms with E-state index in [9.17, 15) is 29.1 Å². The van der Waals surface area contributed by atoms with Gasteiger partial charge in [-0.05, 0) is 40.7 Å². The van der Waals surface area contributed by atoms with Crippen LogP contribution in [0.4, 0.5) is 4.79 Å². The molecule has 12 nitrogen and oxygen atoms in total. The van der Waals surface area contributed by atoms with Gasteiger partial charge in [0.15, 0.2) is 0 Å². The van der Waals surface area contributed by atoms with E-state index in [0.29, 0.717) is 0 Å². The van der Waals surface area contributed by atoms with E-state index in [1.54, 1.807) is 40.7 Å². The van der Waals surface area contributed by atoms with E-state index in [4.69, 9.17) is 10.5 Å². The maximum Gasteiger partial charge on any atom is 0.408 e. The number of nitrogens with two attached hydrogens (primary N) is 1. The average Bonchev–Trinajstić information content (AvgIpc) is 2.73. The summed E-state index contributed by atoms with van der Waals surface area (Å²) in [6.07, 6.45) is -1.53. The Morgan fingerprint density at radius 1 is 1.11 bits per heavy atom. The molecule has 4 amide bonds. The lowest BCUT2D eigenvalue weighted by molar-refractivity contribution is -0.146. The molecule has 0 aliphatic heterocycles. The van der Waals surface area contributed by atoms with Crippen molar-refractivity contribution in [2.45, 2.75) is 64.8 Å². The Labute approximate surface area is 204 Å². The van der Waals surface area contributed by atoms with Crippen LogP contribution in [0.1, 0.15) is 52.6 Å². The summed E-state index contributed by atoms with van der Waals surface area (Å²) in [5.74, 6) is -3.51. The standard InChI is InChI=1S/C23H34N4O8/c1-13(2)27(21(32)15(11-17(24)29)26-22(33)35-23(3,4)5)19(14-9-7-8-10-16(14)28)20(31)25-12-18(30)34-6/h7-10,13,15,19,28H,11-12H2,1-6H3,(H2,24,29)(H,25,31)(H,26,33). The van der Waals surface area contributed by atoms with Crippen molar-refractivity contribution in [1.29, 1.82) is 0 Å². The molecular weight excluding hydrogens is 460 g/mol. The molecule has 2 atom stereocenters. The topological polar surface area (TPSA) is 177 Å². The predicted molar refractivity (Wildman–Crippen MR) is 125 cm³/mol. The molecule has 0 aliphatic rings. The molecule has 2 unspecified atom stereocenters. The van der Waals surface area contributed by atoms with Crippen LogP contribution >= 0.6 is 0 Å². The normalized spacial score (nSPS) is 12.8. The van der Waals surface area contributed by atoms with E-state index < -0.39 is 66.5 Å². The van der Waals surface area contributed by atoms with Crippen LogP contribution in [0.2, 0.25) is 0 Å². The number of primary amides is 1. The number of nitrogens with one attached hydrogen (secondary N) is 2. The number of alkyl carbamates (subject to hydrolysis) is 1. The number of aromatic hydroxyl groups is 1. The second-order valence-electron chi connectivity index (χ2n) is 8.96. The molecule has 12 heteroatoms. The van der Waals surface area contributed by atoms with E-state index in [1.165, 1.54) is 18.2 Å². The van der Waals surface area contributed by atoms with Gasteiger partial charge in [-0.3, -0.25) is 19.2 Å². The molecule has 0 bridgehead atoms. The highest BCUT2D eigenvalue weighted by molar-refractivity contribution is 5.95. The summed E-state index contributed by atoms with van der Waals surface area (Å²) in [6.45, 7) is 7.59. The maximum atomic E-state index is 13.6. The Morgan fingerprint density at radius 2 is 1.71 bits per heavy atom. The van der Waals surface area contributed by atoms with Gasteiger partial charge in [-0.2, -0.15) is 0 Å². The van der Waals surface area contributed by atoms with Gasteiger partial charge < -0.3 is 35.8 Å². The first-order valence-electron chi connectivity index (χ1n) is 10.9. The number of phenolic OH excluding ortho intramolecular Hbond substituents is 1. The van der Waals surface area contributed by atoms with Crippen LogP contribution in [0.3, 0.4) is 0 Å². The van der Waals surface area contributed by atoms with Crippen molar-refractivity contribution in [3.05, 3.63) is 29.8 Å². The number of ether oxygens (including phenoxy) is 2. The molecule has 0 aliphatic carbocycles. The quantitative estimate of drug-likeness (QED) is 0.344. The third-order valence-electron chi connectivity index (χ3n) is 4.60. The molecule has 0 fully saturated rings. The fourth-order valence-corrected chi connectivity index (χ4v) is 3.18. The number of methoxy groups -OCH3 is 1. The minimum absolute atomic E-state index is 0.0620. The molecule has 0 radical (unpaired) electrons. The van der Waals surface area contributed by atoms with Gasteiger partial charge in [0.1, 0.15) is 30.0 Å². The third-order valence-corrected chi connectivity index (χ3v) is 4.60. The molecule has 0 saturated heterocycles. The van der Waals surface area contributed by atoms with E-state index in [1.807, 2.05) is 0 Å². The number of esters is 1. The monoisotopic (exact) mass is 494 g/mol. The highest BCUT2D eigenvalue weighted by Crippen LogP contribution is 2.31. The van der Waals surface area contributed by atoms with Crippen molar-refractivity contribution in [1.82, 2.24) is 15.5 Å². The maximum absolute atomic E-state index is 13.6. The van der Waals surface area contributed by atoms with Gasteiger partial charge in [-0.25, -0.2) is 4.79 Å². The van der Waals surface area contributed by atoms with Gasteiger partial charge in [0.2, 0.25) is 17.7 Å². The molecule has 35 heavy (non-hydrogen) atoms. The first kappa shape index (κ1) is 29.2. The van der Waals surface area contributed by atoms with Crippen molar-refractivity contribution >= 4 is 29.8 Å². The molecule has 5 N–H and O–H groups in total. The van der Waals surface area contributed by atoms with E-state index >= 15 is 0 Å². The summed E-state index contributed by atoms with van der Waals surface area (Å²) in [7, 11) is 1.15. The van der Waals surface area contributed by atoms with Crippen molar-refractivity contribution < 1.29 is 38.6 Å². The molecular formula is C23H34N4O8. The zero-order valence-electron chi connectivity index (χ0n) is 20.8. The number of phenols is 1. The van der Waals surface area contributed by atoms with Crippen LogP contribution in [0, 0.1) is 0 Å². The number of hydrogen-bond donors (Lipinski definition) is 4. The number of hydrogen-bond acceptors (Lipinski definition) is 8. The summed E-state index contributed by atoms with van der Waals surface area (Å²) < 4.78 is 9.72. The van der Waals surface area contributed by atoms with Crippen LogP contribution in [0.15, 0.2) is 24.3 Å². The summed E-state index contributed by atoms with van der Waals surface area (Å²) in [5.41, 5.74) is 4.49. The van der Waals surface area contributed by atoms with Gasteiger partial charge in [0.05, 0.1) is 13.5 Å². The van der Waals surface area contributed by atoms with Gasteiger partial charge in [-0.15, -0.1) is 0 Å². The molecule has 0 aromatic heterocycles. The molecule has 194 valence electrons. The second-order valence-corrected chi connectivity index (χ2v) is 8.96. The fourth-order valence-electron chi connectivity index (χ4n) is 3.18. The largest absolute Gasteiger partial charge is 0.508 e. The number of nitrogens with zero attached hydrogens (tertiary/aromatic N) is 1. The van der Waals surface area contributed by atoms with Gasteiger partial charge in [-0.1, -0.05) is 18.2 Å². The number of benzene rings is 1. The third kappa shape index (κ3) is 9.14. The zero-order chi connectivity index (χ0) is 26.9. The number of rotatable bonds is 10. The van der Waals surface area contributed by atoms with Crippen LogP contribution in [-0.2, 0) is 28.7 Å². The SMILES string of the molecule is COC(=O)CNC(=O)C(c1ccccc1O)N(C(=O)C(CC(N)=O)NC(=O)OC(C)(C)C)C(C)C. The van der Waals surface area contributed by atoms with Crippen LogP contribution in [0.5, 0.6) is 5.75 Å². The lowest BCUT2D eigenvalue weighted by Gasteiger charge is -2.37. The van der Waals surface area contributed by atoms with Gasteiger partial charge in [0, 0.05) is 11.6 Å². The molecule has 0 saturated carbocycles. The van der Waals surface area contributed by atoms with E-state index in [0.717, 1.165) is 12.0 Å². The summed E-state index contributed by atoms with van der Waals surface area (Å²) in [5, 5.41) is 15.2. The minimum atomic E-state index is -1.47. The van der Waals surface area contributed by atoms with E-state index in [-0.39, 0.29) is 11.3 Å². The Kier molecular flexibility index (Phi) is 10.5. The van der Waals surface area contributed by atoms with Crippen molar-refractivity contribution in [3.63, 3.8) is 0 Å². The first-order chi connectivity index (χ1) is 16.2. The number of carbonyl (C=O) groups is 5. The zero-order valence-corrected chi connectivity index (χ0v) is 20.8. The van der Waals surface area contributed by atoms with Crippen LogP contribution in [0.25, 0.3) is 0 Å². The first-order valence-corrected chi connectivity index (χ1v) is 10.9. The fraction of sp³-hybridized carbons (Fsp3) is 0.522. The smallest absolute Gasteiger partial charge is 0.408 e. The number of para-hydroxylation sites is 1. The lowest BCUT2D eigenvalue weighted by atomic mass is 9.99. The molecule has 0 heterocycles.